The van der Waals surface area contributed by atoms with Gasteiger partial charge in [0.1, 0.15) is 0 Å². The number of aromatic amines is 1. The predicted molar refractivity (Wildman–Crippen MR) is 59.3 cm³/mol. The Kier molecular flexibility index (Phi) is 3.08. The highest BCUT2D eigenvalue weighted by Crippen LogP contribution is 2.12. The van der Waals surface area contributed by atoms with Crippen LogP contribution in [0.5, 0.6) is 0 Å². The average molecular weight is 227 g/mol. The maximum atomic E-state index is 10.9. The summed E-state index contributed by atoms with van der Waals surface area (Å²) in [6.07, 6.45) is 0.859. The molecular formula is C10H11ClN2O2. The van der Waals surface area contributed by atoms with E-state index in [9.17, 15) is 4.79 Å². The summed E-state index contributed by atoms with van der Waals surface area (Å²) in [5.41, 5.74) is 2.44. The number of H-pyrrole nitrogens is 1. The molecule has 0 saturated carbocycles. The van der Waals surface area contributed by atoms with E-state index in [-0.39, 0.29) is 0 Å². The molecule has 0 aliphatic heterocycles. The number of halogens is 1. The third kappa shape index (κ3) is 2.40. The molecule has 1 aromatic carbocycles. The fourth-order valence-corrected chi connectivity index (χ4v) is 1.58. The quantitative estimate of drug-likeness (QED) is 0.471. The van der Waals surface area contributed by atoms with Gasteiger partial charge >= 0.3 is 5.76 Å². The highest BCUT2D eigenvalue weighted by molar-refractivity contribution is 6.17. The second-order valence-corrected chi connectivity index (χ2v) is 3.50. The van der Waals surface area contributed by atoms with Gasteiger partial charge in [0.25, 0.3) is 0 Å². The summed E-state index contributed by atoms with van der Waals surface area (Å²) in [7, 11) is 0. The van der Waals surface area contributed by atoms with Crippen molar-refractivity contribution in [3.8, 4) is 0 Å². The number of nitrogens with one attached hydrogen (secondary N) is 2. The second-order valence-electron chi connectivity index (χ2n) is 3.23. The van der Waals surface area contributed by atoms with Crippen molar-refractivity contribution in [2.45, 2.75) is 6.42 Å². The van der Waals surface area contributed by atoms with E-state index in [1.165, 1.54) is 0 Å². The molecule has 0 unspecified atom stereocenters. The molecule has 80 valence electrons. The fourth-order valence-electron chi connectivity index (χ4n) is 1.44. The number of oxazole rings is 1. The van der Waals surface area contributed by atoms with Crippen molar-refractivity contribution < 1.29 is 4.42 Å². The first-order chi connectivity index (χ1) is 7.29. The van der Waals surface area contributed by atoms with E-state index in [2.05, 4.69) is 10.3 Å². The van der Waals surface area contributed by atoms with Crippen LogP contribution < -0.4 is 11.1 Å². The molecule has 15 heavy (non-hydrogen) atoms. The van der Waals surface area contributed by atoms with Crippen molar-refractivity contribution in [3.05, 3.63) is 34.3 Å². The van der Waals surface area contributed by atoms with Gasteiger partial charge in [0.15, 0.2) is 5.58 Å². The van der Waals surface area contributed by atoms with E-state index in [4.69, 9.17) is 16.0 Å². The maximum absolute atomic E-state index is 10.9. The van der Waals surface area contributed by atoms with E-state index in [0.717, 1.165) is 24.0 Å². The Labute approximate surface area is 91.2 Å². The zero-order valence-corrected chi connectivity index (χ0v) is 8.80. The Morgan fingerprint density at radius 1 is 1.47 bits per heavy atom. The molecule has 0 atom stereocenters. The molecule has 2 N–H and O–H groups in total. The van der Waals surface area contributed by atoms with Crippen molar-refractivity contribution in [3.63, 3.8) is 0 Å². The smallest absolute Gasteiger partial charge is 0.408 e. The molecule has 5 heteroatoms. The van der Waals surface area contributed by atoms with Crippen LogP contribution in [0, 0.1) is 0 Å². The SMILES string of the molecule is O=c1[nH]c2ccc(CCNCCl)cc2o1. The van der Waals surface area contributed by atoms with E-state index in [0.29, 0.717) is 11.6 Å². The van der Waals surface area contributed by atoms with E-state index < -0.39 is 5.76 Å². The first-order valence-corrected chi connectivity index (χ1v) is 5.21. The highest BCUT2D eigenvalue weighted by Gasteiger charge is 2.01. The van der Waals surface area contributed by atoms with Crippen molar-refractivity contribution in [1.82, 2.24) is 10.3 Å². The molecule has 2 aromatic rings. The van der Waals surface area contributed by atoms with E-state index in [1.807, 2.05) is 18.2 Å². The Bertz CT molecular complexity index is 503. The monoisotopic (exact) mass is 226 g/mol. The van der Waals surface area contributed by atoms with Gasteiger partial charge in [-0.25, -0.2) is 4.79 Å². The van der Waals surface area contributed by atoms with Crippen LogP contribution in [0.25, 0.3) is 11.1 Å². The number of hydrogen-bond acceptors (Lipinski definition) is 3. The van der Waals surface area contributed by atoms with Gasteiger partial charge in [0.2, 0.25) is 0 Å². The van der Waals surface area contributed by atoms with Crippen LogP contribution in [-0.4, -0.2) is 17.5 Å². The molecule has 0 amide bonds. The lowest BCUT2D eigenvalue weighted by Crippen LogP contribution is -2.14. The van der Waals surface area contributed by atoms with Gasteiger partial charge in [-0.05, 0) is 24.1 Å². The number of benzene rings is 1. The Balaban J connectivity index is 2.19. The minimum Gasteiger partial charge on any atom is -0.408 e. The average Bonchev–Trinajstić information content (AvgIpc) is 2.57. The molecule has 0 bridgehead atoms. The molecule has 4 nitrogen and oxygen atoms in total. The number of rotatable bonds is 4. The summed E-state index contributed by atoms with van der Waals surface area (Å²) in [4.78, 5) is 13.5. The van der Waals surface area contributed by atoms with Crippen molar-refractivity contribution in [2.75, 3.05) is 12.5 Å². The summed E-state index contributed by atoms with van der Waals surface area (Å²) in [6, 6.07) is 6.12. The van der Waals surface area contributed by atoms with Crippen molar-refractivity contribution in [2.24, 2.45) is 0 Å². The Morgan fingerprint density at radius 3 is 3.13 bits per heavy atom. The zero-order valence-electron chi connectivity index (χ0n) is 8.05. The van der Waals surface area contributed by atoms with Crippen LogP contribution in [-0.2, 0) is 6.42 Å². The number of fused-ring (bicyclic) bond motifs is 1. The molecule has 0 saturated heterocycles. The second kappa shape index (κ2) is 4.51. The molecule has 0 aliphatic carbocycles. The molecule has 1 heterocycles. The number of aromatic nitrogens is 1. The summed E-state index contributed by atoms with van der Waals surface area (Å²) in [5, 5.41) is 3.02. The van der Waals surface area contributed by atoms with Crippen LogP contribution in [0.2, 0.25) is 0 Å². The van der Waals surface area contributed by atoms with Gasteiger partial charge in [-0.15, -0.1) is 11.6 Å². The zero-order chi connectivity index (χ0) is 10.7. The fraction of sp³-hybridized carbons (Fsp3) is 0.300. The lowest BCUT2D eigenvalue weighted by molar-refractivity contribution is 0.555. The van der Waals surface area contributed by atoms with Crippen molar-refractivity contribution in [1.29, 1.82) is 0 Å². The van der Waals surface area contributed by atoms with Gasteiger partial charge < -0.3 is 9.73 Å². The minimum absolute atomic E-state index is 0.416. The third-order valence-corrected chi connectivity index (χ3v) is 2.36. The molecule has 0 aliphatic rings. The summed E-state index contributed by atoms with van der Waals surface area (Å²) in [6.45, 7) is 0.809. The maximum Gasteiger partial charge on any atom is 0.417 e. The topological polar surface area (TPSA) is 58.0 Å². The molecule has 0 fully saturated rings. The molecule has 1 aromatic heterocycles. The normalized spacial score (nSPS) is 11.0. The van der Waals surface area contributed by atoms with Crippen LogP contribution >= 0.6 is 11.6 Å². The van der Waals surface area contributed by atoms with Crippen LogP contribution in [0.15, 0.2) is 27.4 Å². The Morgan fingerprint density at radius 2 is 2.33 bits per heavy atom. The minimum atomic E-state index is -0.416. The lowest BCUT2D eigenvalue weighted by atomic mass is 10.1. The third-order valence-electron chi connectivity index (χ3n) is 2.17. The highest BCUT2D eigenvalue weighted by atomic mass is 35.5. The van der Waals surface area contributed by atoms with Gasteiger partial charge in [-0.3, -0.25) is 4.98 Å². The Hall–Kier alpha value is -1.26. The van der Waals surface area contributed by atoms with Gasteiger partial charge in [0, 0.05) is 6.54 Å². The number of hydrogen-bond donors (Lipinski definition) is 2. The van der Waals surface area contributed by atoms with Crippen LogP contribution in [0.4, 0.5) is 0 Å². The standard InChI is InChI=1S/C10H11ClN2O2/c11-6-12-4-3-7-1-2-8-9(5-7)15-10(14)13-8/h1-2,5,12H,3-4,6H2,(H,13,14). The van der Waals surface area contributed by atoms with Gasteiger partial charge in [0.05, 0.1) is 11.5 Å². The van der Waals surface area contributed by atoms with Crippen molar-refractivity contribution >= 4 is 22.7 Å². The molecule has 0 radical (unpaired) electrons. The predicted octanol–water partition coefficient (Wildman–Crippen LogP) is 1.45. The first-order valence-electron chi connectivity index (χ1n) is 4.68. The van der Waals surface area contributed by atoms with Crippen LogP contribution in [0.3, 0.4) is 0 Å². The van der Waals surface area contributed by atoms with E-state index in [1.54, 1.807) is 0 Å². The summed E-state index contributed by atoms with van der Waals surface area (Å²) in [5.74, 6) is -0.416. The first kappa shape index (κ1) is 10.3. The number of alkyl halides is 1. The largest absolute Gasteiger partial charge is 0.417 e. The molecule has 0 spiro atoms. The summed E-state index contributed by atoms with van der Waals surface area (Å²) < 4.78 is 4.96. The van der Waals surface area contributed by atoms with Gasteiger partial charge in [-0.1, -0.05) is 6.07 Å². The molecular weight excluding hydrogens is 216 g/mol. The lowest BCUT2D eigenvalue weighted by Gasteiger charge is -2.00. The van der Waals surface area contributed by atoms with E-state index >= 15 is 0 Å². The van der Waals surface area contributed by atoms with Crippen LogP contribution in [0.1, 0.15) is 5.56 Å². The van der Waals surface area contributed by atoms with Gasteiger partial charge in [-0.2, -0.15) is 0 Å². The molecule has 2 rings (SSSR count). The summed E-state index contributed by atoms with van der Waals surface area (Å²) >= 11 is 5.49.